The van der Waals surface area contributed by atoms with Crippen molar-refractivity contribution in [3.05, 3.63) is 29.8 Å². The normalized spacial score (nSPS) is 18.1. The molecule has 1 saturated heterocycles. The summed E-state index contributed by atoms with van der Waals surface area (Å²) in [6.45, 7) is 0.385. The second-order valence-corrected chi connectivity index (χ2v) is 7.43. The van der Waals surface area contributed by atoms with Gasteiger partial charge in [-0.2, -0.15) is 0 Å². The van der Waals surface area contributed by atoms with Crippen molar-refractivity contribution in [2.24, 2.45) is 5.73 Å². The van der Waals surface area contributed by atoms with Crippen LogP contribution in [0.4, 0.5) is 0 Å². The van der Waals surface area contributed by atoms with Crippen LogP contribution < -0.4 is 15.8 Å². The van der Waals surface area contributed by atoms with Gasteiger partial charge in [-0.3, -0.25) is 4.79 Å². The topological polar surface area (TPSA) is 98.5 Å². The predicted molar refractivity (Wildman–Crippen MR) is 79.6 cm³/mol. The molecule has 1 heterocycles. The van der Waals surface area contributed by atoms with E-state index in [1.165, 1.54) is 0 Å². The second-order valence-electron chi connectivity index (χ2n) is 5.13. The summed E-state index contributed by atoms with van der Waals surface area (Å²) in [5.41, 5.74) is 6.49. The molecule has 0 saturated carbocycles. The zero-order chi connectivity index (χ0) is 15.3. The number of carbonyl (C=O) groups is 1. The molecule has 2 rings (SSSR count). The molecule has 0 radical (unpaired) electrons. The van der Waals surface area contributed by atoms with Crippen LogP contribution >= 0.6 is 0 Å². The number of nitrogens with one attached hydrogen (secondary N) is 1. The van der Waals surface area contributed by atoms with Crippen molar-refractivity contribution in [3.63, 3.8) is 0 Å². The van der Waals surface area contributed by atoms with E-state index in [1.807, 2.05) is 12.1 Å². The zero-order valence-electron chi connectivity index (χ0n) is 11.7. The maximum Gasteiger partial charge on any atom is 0.258 e. The first kappa shape index (κ1) is 15.8. The molecule has 1 aromatic carbocycles. The number of benzene rings is 1. The Morgan fingerprint density at radius 2 is 1.86 bits per heavy atom. The quantitative estimate of drug-likeness (QED) is 0.810. The lowest BCUT2D eigenvalue weighted by Crippen LogP contribution is -2.42. The fourth-order valence-electron chi connectivity index (χ4n) is 2.17. The van der Waals surface area contributed by atoms with Gasteiger partial charge in [0, 0.05) is 12.6 Å². The van der Waals surface area contributed by atoms with Gasteiger partial charge in [0.1, 0.15) is 15.6 Å². The lowest BCUT2D eigenvalue weighted by molar-refractivity contribution is -0.123. The molecule has 0 spiro atoms. The van der Waals surface area contributed by atoms with Crippen LogP contribution in [0.15, 0.2) is 24.3 Å². The van der Waals surface area contributed by atoms with Crippen molar-refractivity contribution in [1.82, 2.24) is 5.32 Å². The molecule has 1 aliphatic rings. The molecule has 0 aromatic heterocycles. The molecule has 7 heteroatoms. The number of hydrogen-bond donors (Lipinski definition) is 2. The molecule has 1 aromatic rings. The number of hydrogen-bond acceptors (Lipinski definition) is 5. The van der Waals surface area contributed by atoms with Gasteiger partial charge in [-0.25, -0.2) is 8.42 Å². The third-order valence-electron chi connectivity index (χ3n) is 3.45. The van der Waals surface area contributed by atoms with Crippen LogP contribution in [0.25, 0.3) is 0 Å². The molecule has 0 atom stereocenters. The molecule has 0 unspecified atom stereocenters. The van der Waals surface area contributed by atoms with E-state index in [4.69, 9.17) is 10.5 Å². The Bertz CT molecular complexity index is 569. The van der Waals surface area contributed by atoms with Crippen molar-refractivity contribution in [3.8, 4) is 5.75 Å². The van der Waals surface area contributed by atoms with Gasteiger partial charge in [0.15, 0.2) is 6.61 Å². The highest BCUT2D eigenvalue weighted by atomic mass is 32.2. The van der Waals surface area contributed by atoms with E-state index in [9.17, 15) is 13.2 Å². The SMILES string of the molecule is NCc1ccc(OCC(=O)NC2CCS(=O)(=O)CC2)cc1. The van der Waals surface area contributed by atoms with Crippen molar-refractivity contribution >= 4 is 15.7 Å². The zero-order valence-corrected chi connectivity index (χ0v) is 12.6. The smallest absolute Gasteiger partial charge is 0.258 e. The minimum atomic E-state index is -2.91. The van der Waals surface area contributed by atoms with Crippen LogP contribution in [-0.2, 0) is 21.2 Å². The van der Waals surface area contributed by atoms with Crippen LogP contribution in [0.1, 0.15) is 18.4 Å². The fraction of sp³-hybridized carbons (Fsp3) is 0.500. The standard InChI is InChI=1S/C14H20N2O4S/c15-9-11-1-3-13(4-2-11)20-10-14(17)16-12-5-7-21(18,19)8-6-12/h1-4,12H,5-10,15H2,(H,16,17). The lowest BCUT2D eigenvalue weighted by atomic mass is 10.1. The Labute approximate surface area is 124 Å². The molecule has 1 fully saturated rings. The molecule has 6 nitrogen and oxygen atoms in total. The van der Waals surface area contributed by atoms with Gasteiger partial charge >= 0.3 is 0 Å². The highest BCUT2D eigenvalue weighted by molar-refractivity contribution is 7.91. The van der Waals surface area contributed by atoms with E-state index in [0.29, 0.717) is 25.1 Å². The number of ether oxygens (including phenoxy) is 1. The summed E-state index contributed by atoms with van der Waals surface area (Å²) in [4.78, 5) is 11.8. The summed E-state index contributed by atoms with van der Waals surface area (Å²) < 4.78 is 28.0. The lowest BCUT2D eigenvalue weighted by Gasteiger charge is -2.23. The fourth-order valence-corrected chi connectivity index (χ4v) is 3.67. The van der Waals surface area contributed by atoms with Crippen LogP contribution in [-0.4, -0.2) is 38.5 Å². The number of rotatable bonds is 5. The van der Waals surface area contributed by atoms with Crippen molar-refractivity contribution in [2.75, 3.05) is 18.1 Å². The highest BCUT2D eigenvalue weighted by Gasteiger charge is 2.24. The van der Waals surface area contributed by atoms with Gasteiger partial charge in [-0.15, -0.1) is 0 Å². The average molecular weight is 312 g/mol. The third-order valence-corrected chi connectivity index (χ3v) is 5.16. The summed E-state index contributed by atoms with van der Waals surface area (Å²) in [7, 11) is -2.91. The minimum absolute atomic E-state index is 0.0782. The Morgan fingerprint density at radius 1 is 1.24 bits per heavy atom. The Morgan fingerprint density at radius 3 is 2.43 bits per heavy atom. The molecule has 3 N–H and O–H groups in total. The number of amides is 1. The van der Waals surface area contributed by atoms with Crippen LogP contribution in [0, 0.1) is 0 Å². The van der Waals surface area contributed by atoms with Crippen molar-refractivity contribution in [1.29, 1.82) is 0 Å². The van der Waals surface area contributed by atoms with Gasteiger partial charge in [-0.1, -0.05) is 12.1 Å². The maximum atomic E-state index is 11.8. The van der Waals surface area contributed by atoms with Crippen LogP contribution in [0.2, 0.25) is 0 Å². The van der Waals surface area contributed by atoms with Gasteiger partial charge in [0.2, 0.25) is 0 Å². The molecule has 21 heavy (non-hydrogen) atoms. The Kier molecular flexibility index (Phi) is 5.19. The van der Waals surface area contributed by atoms with E-state index in [1.54, 1.807) is 12.1 Å². The van der Waals surface area contributed by atoms with E-state index < -0.39 is 9.84 Å². The number of sulfone groups is 1. The third kappa shape index (κ3) is 5.02. The average Bonchev–Trinajstić information content (AvgIpc) is 2.48. The van der Waals surface area contributed by atoms with Gasteiger partial charge < -0.3 is 15.8 Å². The summed E-state index contributed by atoms with van der Waals surface area (Å²) in [6, 6.07) is 7.15. The minimum Gasteiger partial charge on any atom is -0.484 e. The van der Waals surface area contributed by atoms with E-state index in [2.05, 4.69) is 5.32 Å². The van der Waals surface area contributed by atoms with Crippen molar-refractivity contribution < 1.29 is 17.9 Å². The summed E-state index contributed by atoms with van der Waals surface area (Å²) in [6.07, 6.45) is 0.943. The van der Waals surface area contributed by atoms with Crippen LogP contribution in [0.5, 0.6) is 5.75 Å². The van der Waals surface area contributed by atoms with E-state index in [-0.39, 0.29) is 30.1 Å². The van der Waals surface area contributed by atoms with E-state index in [0.717, 1.165) is 5.56 Å². The molecule has 116 valence electrons. The largest absolute Gasteiger partial charge is 0.484 e. The van der Waals surface area contributed by atoms with Gasteiger partial charge in [-0.05, 0) is 30.5 Å². The summed E-state index contributed by atoms with van der Waals surface area (Å²) in [5.74, 6) is 0.648. The van der Waals surface area contributed by atoms with Gasteiger partial charge in [0.05, 0.1) is 11.5 Å². The predicted octanol–water partition coefficient (Wildman–Crippen LogP) is 0.218. The molecule has 1 aliphatic heterocycles. The maximum absolute atomic E-state index is 11.8. The summed E-state index contributed by atoms with van der Waals surface area (Å²) in [5, 5.41) is 2.80. The second kappa shape index (κ2) is 6.91. The molecule has 1 amide bonds. The van der Waals surface area contributed by atoms with Crippen LogP contribution in [0.3, 0.4) is 0 Å². The Hall–Kier alpha value is -1.60. The van der Waals surface area contributed by atoms with Crippen molar-refractivity contribution in [2.45, 2.75) is 25.4 Å². The molecule has 0 bridgehead atoms. The number of carbonyl (C=O) groups excluding carboxylic acids is 1. The first-order chi connectivity index (χ1) is 9.98. The monoisotopic (exact) mass is 312 g/mol. The highest BCUT2D eigenvalue weighted by Crippen LogP contribution is 2.13. The molecular formula is C14H20N2O4S. The summed E-state index contributed by atoms with van der Waals surface area (Å²) >= 11 is 0. The Balaban J connectivity index is 1.74. The first-order valence-corrected chi connectivity index (χ1v) is 8.72. The first-order valence-electron chi connectivity index (χ1n) is 6.90. The number of nitrogens with two attached hydrogens (primary N) is 1. The van der Waals surface area contributed by atoms with Gasteiger partial charge in [0.25, 0.3) is 5.91 Å². The molecular weight excluding hydrogens is 292 g/mol. The molecule has 0 aliphatic carbocycles. The van der Waals surface area contributed by atoms with E-state index >= 15 is 0 Å².